The Bertz CT molecular complexity index is 1020. The lowest BCUT2D eigenvalue weighted by molar-refractivity contribution is -0.135. The van der Waals surface area contributed by atoms with Gasteiger partial charge in [0.05, 0.1) is 5.02 Å². The third-order valence-corrected chi connectivity index (χ3v) is 4.53. The van der Waals surface area contributed by atoms with Crippen LogP contribution in [0.25, 0.3) is 10.8 Å². The van der Waals surface area contributed by atoms with Crippen molar-refractivity contribution in [3.8, 4) is 11.5 Å². The summed E-state index contributed by atoms with van der Waals surface area (Å²) in [5.74, 6) is -0.0585. The zero-order valence-electron chi connectivity index (χ0n) is 16.0. The molecule has 3 aromatic carbocycles. The predicted octanol–water partition coefficient (Wildman–Crippen LogP) is 3.88. The van der Waals surface area contributed by atoms with Crippen molar-refractivity contribution in [2.75, 3.05) is 0 Å². The minimum Gasteiger partial charge on any atom is -0.481 e. The number of carbonyl (C=O) groups excluding carboxylic acids is 2. The Balaban J connectivity index is 1.51. The minimum atomic E-state index is -0.855. The van der Waals surface area contributed by atoms with Crippen LogP contribution in [0, 0.1) is 0 Å². The highest BCUT2D eigenvalue weighted by atomic mass is 35.5. The SMILES string of the molecule is CC(Oc1ccc2ccccc2c1)C(=O)NNC(=O)C(C)Oc1ccccc1Cl. The van der Waals surface area contributed by atoms with E-state index < -0.39 is 24.0 Å². The Morgan fingerprint density at radius 2 is 1.38 bits per heavy atom. The van der Waals surface area contributed by atoms with E-state index in [0.717, 1.165) is 10.8 Å². The number of hydrazine groups is 1. The number of para-hydroxylation sites is 1. The summed E-state index contributed by atoms with van der Waals surface area (Å²) in [5, 5.41) is 2.49. The molecule has 3 rings (SSSR count). The quantitative estimate of drug-likeness (QED) is 0.602. The summed E-state index contributed by atoms with van der Waals surface area (Å²) < 4.78 is 11.2. The molecule has 0 aliphatic rings. The van der Waals surface area contributed by atoms with Crippen molar-refractivity contribution < 1.29 is 19.1 Å². The molecular weight excluding hydrogens is 392 g/mol. The second-order valence-corrected chi connectivity index (χ2v) is 6.85. The molecule has 6 nitrogen and oxygen atoms in total. The van der Waals surface area contributed by atoms with Crippen LogP contribution in [0.5, 0.6) is 11.5 Å². The third-order valence-electron chi connectivity index (χ3n) is 4.22. The normalized spacial score (nSPS) is 12.7. The lowest BCUT2D eigenvalue weighted by Gasteiger charge is -2.18. The van der Waals surface area contributed by atoms with Gasteiger partial charge in [0, 0.05) is 0 Å². The second-order valence-electron chi connectivity index (χ2n) is 6.44. The molecule has 2 unspecified atom stereocenters. The number of rotatable bonds is 6. The van der Waals surface area contributed by atoms with Gasteiger partial charge in [-0.3, -0.25) is 20.4 Å². The maximum atomic E-state index is 12.2. The molecule has 150 valence electrons. The molecule has 0 aliphatic heterocycles. The van der Waals surface area contributed by atoms with Crippen molar-refractivity contribution in [2.45, 2.75) is 26.1 Å². The summed E-state index contributed by atoms with van der Waals surface area (Å²) in [6, 6.07) is 20.3. The molecule has 0 fully saturated rings. The van der Waals surface area contributed by atoms with Crippen molar-refractivity contribution in [3.05, 3.63) is 71.8 Å². The highest BCUT2D eigenvalue weighted by molar-refractivity contribution is 6.32. The van der Waals surface area contributed by atoms with Crippen molar-refractivity contribution in [1.29, 1.82) is 0 Å². The van der Waals surface area contributed by atoms with E-state index in [0.29, 0.717) is 16.5 Å². The molecule has 2 atom stereocenters. The number of fused-ring (bicyclic) bond motifs is 1. The van der Waals surface area contributed by atoms with Gasteiger partial charge >= 0.3 is 0 Å². The smallest absolute Gasteiger partial charge is 0.279 e. The molecule has 0 bridgehead atoms. The monoisotopic (exact) mass is 412 g/mol. The molecule has 0 heterocycles. The number of amides is 2. The maximum Gasteiger partial charge on any atom is 0.279 e. The van der Waals surface area contributed by atoms with E-state index in [9.17, 15) is 9.59 Å². The van der Waals surface area contributed by atoms with Crippen molar-refractivity contribution >= 4 is 34.2 Å². The molecule has 0 spiro atoms. The molecule has 29 heavy (non-hydrogen) atoms. The van der Waals surface area contributed by atoms with Crippen LogP contribution in [0.1, 0.15) is 13.8 Å². The number of benzene rings is 3. The fourth-order valence-electron chi connectivity index (χ4n) is 2.61. The molecule has 0 saturated carbocycles. The highest BCUT2D eigenvalue weighted by Gasteiger charge is 2.19. The van der Waals surface area contributed by atoms with Gasteiger partial charge in [-0.2, -0.15) is 0 Å². The summed E-state index contributed by atoms with van der Waals surface area (Å²) in [6.07, 6.45) is -1.66. The Labute approximate surface area is 173 Å². The van der Waals surface area contributed by atoms with Crippen LogP contribution in [0.2, 0.25) is 5.02 Å². The van der Waals surface area contributed by atoms with E-state index >= 15 is 0 Å². The number of hydrogen-bond acceptors (Lipinski definition) is 4. The molecule has 7 heteroatoms. The van der Waals surface area contributed by atoms with Gasteiger partial charge in [-0.05, 0) is 48.9 Å². The first-order chi connectivity index (χ1) is 13.9. The van der Waals surface area contributed by atoms with E-state index in [2.05, 4.69) is 10.9 Å². The van der Waals surface area contributed by atoms with Gasteiger partial charge in [0.1, 0.15) is 11.5 Å². The van der Waals surface area contributed by atoms with Gasteiger partial charge in [0.15, 0.2) is 12.2 Å². The van der Waals surface area contributed by atoms with E-state index in [4.69, 9.17) is 21.1 Å². The highest BCUT2D eigenvalue weighted by Crippen LogP contribution is 2.24. The molecule has 0 radical (unpaired) electrons. The van der Waals surface area contributed by atoms with Crippen LogP contribution in [0.15, 0.2) is 66.7 Å². The topological polar surface area (TPSA) is 76.7 Å². The second kappa shape index (κ2) is 9.30. The average Bonchev–Trinajstić information content (AvgIpc) is 2.73. The van der Waals surface area contributed by atoms with E-state index in [1.807, 2.05) is 36.4 Å². The molecule has 0 aliphatic carbocycles. The van der Waals surface area contributed by atoms with Crippen LogP contribution >= 0.6 is 11.6 Å². The average molecular weight is 413 g/mol. The van der Waals surface area contributed by atoms with Crippen molar-refractivity contribution in [2.24, 2.45) is 0 Å². The summed E-state index contributed by atoms with van der Waals surface area (Å²) >= 11 is 6.01. The number of nitrogens with one attached hydrogen (secondary N) is 2. The number of carbonyl (C=O) groups is 2. The van der Waals surface area contributed by atoms with Crippen LogP contribution in [-0.2, 0) is 9.59 Å². The van der Waals surface area contributed by atoms with E-state index in [1.54, 1.807) is 44.2 Å². The first kappa shape index (κ1) is 20.5. The number of halogens is 1. The Hall–Kier alpha value is -3.25. The molecule has 2 N–H and O–H groups in total. The standard InChI is InChI=1S/C22H21ClN2O4/c1-14(28-18-12-11-16-7-3-4-8-17(16)13-18)21(26)24-25-22(27)15(2)29-20-10-6-5-9-19(20)23/h3-15H,1-2H3,(H,24,26)(H,25,27). The Morgan fingerprint density at radius 1 is 0.793 bits per heavy atom. The van der Waals surface area contributed by atoms with Gasteiger partial charge in [-0.25, -0.2) is 0 Å². The zero-order valence-corrected chi connectivity index (χ0v) is 16.8. The van der Waals surface area contributed by atoms with Crippen LogP contribution < -0.4 is 20.3 Å². The fraction of sp³-hybridized carbons (Fsp3) is 0.182. The van der Waals surface area contributed by atoms with Crippen LogP contribution in [-0.4, -0.2) is 24.0 Å². The first-order valence-corrected chi connectivity index (χ1v) is 9.48. The Morgan fingerprint density at radius 3 is 2.07 bits per heavy atom. The van der Waals surface area contributed by atoms with E-state index in [1.165, 1.54) is 0 Å². The summed E-state index contributed by atoms with van der Waals surface area (Å²) in [7, 11) is 0. The predicted molar refractivity (Wildman–Crippen MR) is 112 cm³/mol. The van der Waals surface area contributed by atoms with Gasteiger partial charge in [-0.15, -0.1) is 0 Å². The molecule has 0 aromatic heterocycles. The zero-order chi connectivity index (χ0) is 20.8. The minimum absolute atomic E-state index is 0.385. The third kappa shape index (κ3) is 5.39. The van der Waals surface area contributed by atoms with Crippen LogP contribution in [0.4, 0.5) is 0 Å². The Kier molecular flexibility index (Phi) is 6.57. The summed E-state index contributed by atoms with van der Waals surface area (Å²) in [5.41, 5.74) is 4.68. The molecule has 3 aromatic rings. The van der Waals surface area contributed by atoms with Crippen molar-refractivity contribution in [1.82, 2.24) is 10.9 Å². The van der Waals surface area contributed by atoms with Gasteiger partial charge < -0.3 is 9.47 Å². The van der Waals surface area contributed by atoms with Gasteiger partial charge in [0.25, 0.3) is 11.8 Å². The first-order valence-electron chi connectivity index (χ1n) is 9.10. The lowest BCUT2D eigenvalue weighted by Crippen LogP contribution is -2.50. The maximum absolute atomic E-state index is 12.2. The molecular formula is C22H21ClN2O4. The fourth-order valence-corrected chi connectivity index (χ4v) is 2.79. The largest absolute Gasteiger partial charge is 0.481 e. The lowest BCUT2D eigenvalue weighted by atomic mass is 10.1. The van der Waals surface area contributed by atoms with Gasteiger partial charge in [-0.1, -0.05) is 54.1 Å². The number of ether oxygens (including phenoxy) is 2. The molecule has 0 saturated heterocycles. The van der Waals surface area contributed by atoms with Gasteiger partial charge in [0.2, 0.25) is 0 Å². The van der Waals surface area contributed by atoms with Crippen molar-refractivity contribution in [3.63, 3.8) is 0 Å². The van der Waals surface area contributed by atoms with E-state index in [-0.39, 0.29) is 0 Å². The van der Waals surface area contributed by atoms with Crippen LogP contribution in [0.3, 0.4) is 0 Å². The summed E-state index contributed by atoms with van der Waals surface area (Å²) in [4.78, 5) is 24.4. The number of hydrogen-bond donors (Lipinski definition) is 2. The summed E-state index contributed by atoms with van der Waals surface area (Å²) in [6.45, 7) is 3.15. The molecule has 2 amide bonds.